The topological polar surface area (TPSA) is 80.4 Å². The van der Waals surface area contributed by atoms with Gasteiger partial charge in [-0.3, -0.25) is 4.55 Å². The van der Waals surface area contributed by atoms with E-state index in [4.69, 9.17) is 10.3 Å². The fourth-order valence-electron chi connectivity index (χ4n) is 4.74. The monoisotopic (exact) mass is 763 g/mol. The number of hydrogen-bond donors (Lipinski definition) is 2. The van der Waals surface area contributed by atoms with Crippen LogP contribution in [-0.4, -0.2) is 13.0 Å². The van der Waals surface area contributed by atoms with Gasteiger partial charge in [0.25, 0.3) is 10.1 Å². The number of anilines is 1. The van der Waals surface area contributed by atoms with Gasteiger partial charge in [0.1, 0.15) is 5.75 Å². The number of benzene rings is 4. The second kappa shape index (κ2) is 22.1. The molecule has 4 aromatic rings. The fourth-order valence-corrected chi connectivity index (χ4v) is 5.39. The van der Waals surface area contributed by atoms with Gasteiger partial charge in [-0.05, 0) is 62.8 Å². The summed E-state index contributed by atoms with van der Waals surface area (Å²) in [5.74, 6) is 4.06. The average Bonchev–Trinajstić information content (AvgIpc) is 2.96. The second-order valence-electron chi connectivity index (χ2n) is 13.9. The maximum absolute atomic E-state index is 11.0. The van der Waals surface area contributed by atoms with Gasteiger partial charge in [-0.25, -0.2) is 0 Å². The third kappa shape index (κ3) is 16.6. The molecule has 0 unspecified atom stereocenters. The molecular weight excluding hydrogens is 705 g/mol. The Labute approximate surface area is 307 Å². The molecular formula is C42H59NO3PdS. The van der Waals surface area contributed by atoms with Crippen LogP contribution >= 0.6 is 0 Å². The first kappa shape index (κ1) is 45.3. The van der Waals surface area contributed by atoms with Crippen molar-refractivity contribution in [2.45, 2.75) is 107 Å². The van der Waals surface area contributed by atoms with E-state index in [1.165, 1.54) is 39.7 Å². The summed E-state index contributed by atoms with van der Waals surface area (Å²) in [5.41, 5.74) is 15.7. The SMILES string of the molecule is CC(C)c1cc(C(C)C)c(-c2ccccc2)c(C(C)C)c1.C[C-](C)C.C[C-](C)C.Nc1ccccc1-c1ccccc1CS(=O)(=O)O.[Pd+2]. The number of para-hydroxylation sites is 1. The molecule has 266 valence electrons. The van der Waals surface area contributed by atoms with Crippen molar-refractivity contribution in [3.05, 3.63) is 125 Å². The molecule has 0 bridgehead atoms. The van der Waals surface area contributed by atoms with E-state index in [0.717, 1.165) is 5.56 Å². The molecule has 0 aliphatic heterocycles. The number of nitrogen functional groups attached to an aromatic ring is 1. The molecule has 0 spiro atoms. The van der Waals surface area contributed by atoms with E-state index in [2.05, 4.69) is 126 Å². The maximum Gasteiger partial charge on any atom is 2.00 e. The Kier molecular flexibility index (Phi) is 20.8. The van der Waals surface area contributed by atoms with Gasteiger partial charge in [0, 0.05) is 11.3 Å². The summed E-state index contributed by atoms with van der Waals surface area (Å²) in [6.07, 6.45) is 0. The van der Waals surface area contributed by atoms with Gasteiger partial charge in [-0.15, -0.1) is 0 Å². The van der Waals surface area contributed by atoms with Crippen LogP contribution < -0.4 is 5.73 Å². The van der Waals surface area contributed by atoms with Gasteiger partial charge in [-0.2, -0.15) is 50.0 Å². The van der Waals surface area contributed by atoms with Crippen LogP contribution in [0.25, 0.3) is 22.3 Å². The maximum atomic E-state index is 11.0. The van der Waals surface area contributed by atoms with E-state index < -0.39 is 15.9 Å². The second-order valence-corrected chi connectivity index (χ2v) is 15.3. The zero-order valence-electron chi connectivity index (χ0n) is 31.2. The predicted molar refractivity (Wildman–Crippen MR) is 206 cm³/mol. The largest absolute Gasteiger partial charge is 2.00 e. The Hall–Kier alpha value is -2.75. The Morgan fingerprint density at radius 3 is 1.42 bits per heavy atom. The summed E-state index contributed by atoms with van der Waals surface area (Å²) < 4.78 is 30.9. The van der Waals surface area contributed by atoms with E-state index in [-0.39, 0.29) is 20.4 Å². The molecule has 0 atom stereocenters. The van der Waals surface area contributed by atoms with Crippen molar-refractivity contribution in [1.82, 2.24) is 0 Å². The molecule has 4 nitrogen and oxygen atoms in total. The summed E-state index contributed by atoms with van der Waals surface area (Å²) in [7, 11) is -4.06. The molecule has 0 radical (unpaired) electrons. The Balaban J connectivity index is 0.000000745. The predicted octanol–water partition coefficient (Wildman–Crippen LogP) is 12.3. The quantitative estimate of drug-likeness (QED) is 0.0850. The molecule has 4 aromatic carbocycles. The molecule has 0 aliphatic rings. The number of rotatable bonds is 7. The van der Waals surface area contributed by atoms with Crippen molar-refractivity contribution < 1.29 is 33.4 Å². The first-order valence-electron chi connectivity index (χ1n) is 16.5. The molecule has 0 aliphatic carbocycles. The molecule has 0 saturated carbocycles. The van der Waals surface area contributed by atoms with Crippen molar-refractivity contribution in [3.63, 3.8) is 0 Å². The normalized spacial score (nSPS) is 10.9. The zero-order valence-corrected chi connectivity index (χ0v) is 33.5. The molecule has 48 heavy (non-hydrogen) atoms. The minimum absolute atomic E-state index is 0. The summed E-state index contributed by atoms with van der Waals surface area (Å²) >= 11 is 0. The Bertz CT molecular complexity index is 1550. The summed E-state index contributed by atoms with van der Waals surface area (Å²) in [5, 5.41) is 0. The molecule has 0 amide bonds. The van der Waals surface area contributed by atoms with Crippen LogP contribution in [0.3, 0.4) is 0 Å². The van der Waals surface area contributed by atoms with Crippen LogP contribution in [0.5, 0.6) is 0 Å². The smallest absolute Gasteiger partial charge is 0.398 e. The standard InChI is InChI=1S/C21H28.C13H13NO3S.2C4H9.Pd/c1-14(2)18-12-19(15(3)4)21(20(13-18)16(5)6)17-10-8-7-9-11-17;14-13-8-4-3-7-12(13)11-6-2-1-5-10(11)9-18(15,16)17;2*1-4(2)3;/h7-16H,1-6H3;1-8H,9,14H2,(H,15,16,17);2*1-3H3;/q;;2*-1;+2. The van der Waals surface area contributed by atoms with Crippen LogP contribution in [0.15, 0.2) is 91.0 Å². The van der Waals surface area contributed by atoms with E-state index in [1.54, 1.807) is 30.3 Å². The van der Waals surface area contributed by atoms with Crippen LogP contribution in [0, 0.1) is 11.8 Å². The number of hydrogen-bond acceptors (Lipinski definition) is 3. The zero-order chi connectivity index (χ0) is 35.9. The summed E-state index contributed by atoms with van der Waals surface area (Å²) in [6.45, 7) is 26.3. The molecule has 0 fully saturated rings. The van der Waals surface area contributed by atoms with Crippen molar-refractivity contribution in [2.75, 3.05) is 5.73 Å². The van der Waals surface area contributed by atoms with Gasteiger partial charge in [0.15, 0.2) is 0 Å². The first-order valence-corrected chi connectivity index (χ1v) is 18.1. The van der Waals surface area contributed by atoms with Crippen molar-refractivity contribution >= 4 is 15.8 Å². The van der Waals surface area contributed by atoms with Gasteiger partial charge in [-0.1, -0.05) is 126 Å². The molecule has 0 saturated heterocycles. The third-order valence-electron chi connectivity index (χ3n) is 6.80. The van der Waals surface area contributed by atoms with Gasteiger partial charge >= 0.3 is 20.4 Å². The fraction of sp³-hybridized carbons (Fsp3) is 0.381. The van der Waals surface area contributed by atoms with Crippen LogP contribution in [0.1, 0.15) is 123 Å². The molecule has 0 heterocycles. The Morgan fingerprint density at radius 1 is 0.625 bits per heavy atom. The van der Waals surface area contributed by atoms with Crippen LogP contribution in [0.2, 0.25) is 0 Å². The van der Waals surface area contributed by atoms with E-state index in [9.17, 15) is 8.42 Å². The van der Waals surface area contributed by atoms with Crippen LogP contribution in [0.4, 0.5) is 5.69 Å². The Morgan fingerprint density at radius 2 is 1.02 bits per heavy atom. The van der Waals surface area contributed by atoms with Gasteiger partial charge in [0.05, 0.1) is 0 Å². The van der Waals surface area contributed by atoms with E-state index in [0.29, 0.717) is 34.6 Å². The number of nitrogens with two attached hydrogens (primary N) is 1. The summed E-state index contributed by atoms with van der Waals surface area (Å²) in [4.78, 5) is 0. The molecule has 6 heteroatoms. The van der Waals surface area contributed by atoms with E-state index >= 15 is 0 Å². The summed E-state index contributed by atoms with van der Waals surface area (Å²) in [6, 6.07) is 29.9. The minimum atomic E-state index is -4.06. The average molecular weight is 764 g/mol. The van der Waals surface area contributed by atoms with Crippen molar-refractivity contribution in [1.29, 1.82) is 0 Å². The van der Waals surface area contributed by atoms with Gasteiger partial charge < -0.3 is 17.6 Å². The third-order valence-corrected chi connectivity index (χ3v) is 7.48. The van der Waals surface area contributed by atoms with Crippen molar-refractivity contribution in [2.24, 2.45) is 0 Å². The molecule has 0 aromatic heterocycles. The van der Waals surface area contributed by atoms with Crippen molar-refractivity contribution in [3.8, 4) is 22.3 Å². The van der Waals surface area contributed by atoms with E-state index in [1.807, 2.05) is 18.2 Å². The molecule has 3 N–H and O–H groups in total. The molecule has 4 rings (SSSR count). The first-order chi connectivity index (χ1) is 21.8. The minimum Gasteiger partial charge on any atom is -0.398 e. The van der Waals surface area contributed by atoms with Crippen LogP contribution in [-0.2, 0) is 36.3 Å². The van der Waals surface area contributed by atoms with Gasteiger partial charge in [0.2, 0.25) is 0 Å².